The molecule has 0 spiro atoms. The topological polar surface area (TPSA) is 0 Å². The van der Waals surface area contributed by atoms with E-state index in [1.54, 1.807) is 0 Å². The second-order valence-corrected chi connectivity index (χ2v) is 0.495. The van der Waals surface area contributed by atoms with E-state index in [-0.39, 0.29) is 42.4 Å². The minimum atomic E-state index is -6.00. The van der Waals surface area contributed by atoms with Gasteiger partial charge in [0.15, 0.2) is 0 Å². The molecule has 0 rings (SSSR count). The van der Waals surface area contributed by atoms with Crippen molar-refractivity contribution in [3.8, 4) is 0 Å². The average Bonchev–Trinajstić information content (AvgIpc) is 0.722. The van der Waals surface area contributed by atoms with E-state index in [1.807, 2.05) is 0 Å². The molecular formula is BCaF5. The predicted octanol–water partition coefficient (Wildman–Crippen LogP) is -2.08. The largest absolute Gasteiger partial charge is 2.00 e. The zero-order valence-corrected chi connectivity index (χ0v) is 5.38. The molecule has 0 amide bonds. The standard InChI is InChI=1S/BF4.Ca.FH/c2-1(3,4)5;;/h;;1H/q-1;+2;/p-1. The van der Waals surface area contributed by atoms with Gasteiger partial charge in [0.25, 0.3) is 0 Å². The van der Waals surface area contributed by atoms with E-state index in [2.05, 4.69) is 0 Å². The molecule has 0 bridgehead atoms. The van der Waals surface area contributed by atoms with Gasteiger partial charge >= 0.3 is 45.0 Å². The molecule has 0 aromatic carbocycles. The Hall–Kier alpha value is 0.975. The van der Waals surface area contributed by atoms with Crippen LogP contribution in [-0.2, 0) is 0 Å². The van der Waals surface area contributed by atoms with E-state index in [4.69, 9.17) is 0 Å². The van der Waals surface area contributed by atoms with Crippen LogP contribution in [0.5, 0.6) is 0 Å². The van der Waals surface area contributed by atoms with Crippen LogP contribution in [0.15, 0.2) is 0 Å². The Morgan fingerprint density at radius 2 is 0.857 bits per heavy atom. The van der Waals surface area contributed by atoms with E-state index >= 15 is 0 Å². The van der Waals surface area contributed by atoms with Crippen LogP contribution in [0.4, 0.5) is 17.3 Å². The zero-order valence-electron chi connectivity index (χ0n) is 3.17. The molecule has 0 atom stereocenters. The summed E-state index contributed by atoms with van der Waals surface area (Å²) in [6.45, 7) is 0. The fraction of sp³-hybridized carbons (Fsp3) is 0. The molecule has 0 aromatic rings. The molecule has 0 saturated carbocycles. The van der Waals surface area contributed by atoms with Crippen molar-refractivity contribution in [3.63, 3.8) is 0 Å². The summed E-state index contributed by atoms with van der Waals surface area (Å²) in [5, 5.41) is 0. The Kier molecular flexibility index (Phi) is 11.5. The Morgan fingerprint density at radius 3 is 0.857 bits per heavy atom. The second-order valence-electron chi connectivity index (χ2n) is 0.495. The first-order valence-electron chi connectivity index (χ1n) is 0.873. The molecular weight excluding hydrogens is 146 g/mol. The van der Waals surface area contributed by atoms with Gasteiger partial charge in [-0.2, -0.15) is 0 Å². The maximum absolute atomic E-state index is 9.75. The maximum Gasteiger partial charge on any atom is 2.00 e. The third-order valence-corrected chi connectivity index (χ3v) is 0. The van der Waals surface area contributed by atoms with Crippen molar-refractivity contribution in [1.82, 2.24) is 0 Å². The fourth-order valence-corrected chi connectivity index (χ4v) is 0. The maximum atomic E-state index is 9.75. The molecule has 0 aliphatic rings. The van der Waals surface area contributed by atoms with E-state index < -0.39 is 7.25 Å². The molecule has 0 aromatic heterocycles. The van der Waals surface area contributed by atoms with Crippen molar-refractivity contribution in [2.45, 2.75) is 0 Å². The minimum Gasteiger partial charge on any atom is -1.00 e. The number of halogens is 5. The van der Waals surface area contributed by atoms with Gasteiger partial charge in [0.1, 0.15) is 0 Å². The van der Waals surface area contributed by atoms with Crippen LogP contribution in [0.2, 0.25) is 0 Å². The first kappa shape index (κ1) is 15.7. The SMILES string of the molecule is F[B-](F)(F)F.[Ca+2].[F-]. The predicted molar refractivity (Wildman–Crippen MR) is 15.9 cm³/mol. The van der Waals surface area contributed by atoms with Crippen molar-refractivity contribution >= 4 is 45.0 Å². The molecule has 0 fully saturated rings. The van der Waals surface area contributed by atoms with Crippen molar-refractivity contribution in [1.29, 1.82) is 0 Å². The third kappa shape index (κ3) is 182. The normalized spacial score (nSPS) is 8.57. The number of rotatable bonds is 0. The van der Waals surface area contributed by atoms with Gasteiger partial charge in [-0.3, -0.25) is 0 Å². The van der Waals surface area contributed by atoms with Gasteiger partial charge < -0.3 is 22.0 Å². The molecule has 0 aliphatic heterocycles. The molecule has 7 heavy (non-hydrogen) atoms. The molecule has 0 nitrogen and oxygen atoms in total. The Morgan fingerprint density at radius 1 is 0.857 bits per heavy atom. The number of hydrogen-bond acceptors (Lipinski definition) is 0. The van der Waals surface area contributed by atoms with Crippen LogP contribution in [0.25, 0.3) is 0 Å². The van der Waals surface area contributed by atoms with Crippen molar-refractivity contribution < 1.29 is 22.0 Å². The Labute approximate surface area is 66.7 Å². The third-order valence-electron chi connectivity index (χ3n) is 0. The van der Waals surface area contributed by atoms with Crippen molar-refractivity contribution in [2.24, 2.45) is 0 Å². The van der Waals surface area contributed by atoms with Crippen LogP contribution in [0, 0.1) is 0 Å². The molecule has 40 valence electrons. The van der Waals surface area contributed by atoms with Gasteiger partial charge in [0.2, 0.25) is 0 Å². The van der Waals surface area contributed by atoms with Gasteiger partial charge in [-0.05, 0) is 0 Å². The first-order valence-corrected chi connectivity index (χ1v) is 0.873. The zero-order chi connectivity index (χ0) is 4.50. The molecule has 0 saturated heterocycles. The van der Waals surface area contributed by atoms with Gasteiger partial charge in [0.05, 0.1) is 0 Å². The Balaban J connectivity index is -0.0000000800. The van der Waals surface area contributed by atoms with Crippen LogP contribution < -0.4 is 4.70 Å². The van der Waals surface area contributed by atoms with E-state index in [1.165, 1.54) is 0 Å². The fourth-order valence-electron chi connectivity index (χ4n) is 0. The molecule has 0 radical (unpaired) electrons. The van der Waals surface area contributed by atoms with Crippen LogP contribution in [0.3, 0.4) is 0 Å². The summed E-state index contributed by atoms with van der Waals surface area (Å²) in [5.74, 6) is 0. The van der Waals surface area contributed by atoms with Crippen LogP contribution in [-0.4, -0.2) is 45.0 Å². The van der Waals surface area contributed by atoms with Gasteiger partial charge in [-0.25, -0.2) is 0 Å². The van der Waals surface area contributed by atoms with E-state index in [0.717, 1.165) is 0 Å². The summed E-state index contributed by atoms with van der Waals surface area (Å²) >= 11 is 0. The molecule has 0 aliphatic carbocycles. The number of hydrogen-bond donors (Lipinski definition) is 0. The summed E-state index contributed by atoms with van der Waals surface area (Å²) in [4.78, 5) is 0. The molecule has 0 unspecified atom stereocenters. The monoisotopic (exact) mass is 146 g/mol. The quantitative estimate of drug-likeness (QED) is 0.272. The molecule has 0 N–H and O–H groups in total. The van der Waals surface area contributed by atoms with Crippen molar-refractivity contribution in [3.05, 3.63) is 0 Å². The van der Waals surface area contributed by atoms with E-state index in [0.29, 0.717) is 0 Å². The van der Waals surface area contributed by atoms with Gasteiger partial charge in [0, 0.05) is 0 Å². The minimum absolute atomic E-state index is 0. The smallest absolute Gasteiger partial charge is 1.00 e. The van der Waals surface area contributed by atoms with Gasteiger partial charge in [-0.1, -0.05) is 0 Å². The summed E-state index contributed by atoms with van der Waals surface area (Å²) in [6.07, 6.45) is 0. The first-order chi connectivity index (χ1) is 2.00. The second kappa shape index (κ2) is 5.12. The average molecular weight is 146 g/mol. The molecule has 7 heteroatoms. The Bertz CT molecular complexity index is 23.6. The molecule has 0 heterocycles. The summed E-state index contributed by atoms with van der Waals surface area (Å²) in [5.41, 5.74) is 0. The summed E-state index contributed by atoms with van der Waals surface area (Å²) in [6, 6.07) is 0. The van der Waals surface area contributed by atoms with Gasteiger partial charge in [-0.15, -0.1) is 0 Å². The van der Waals surface area contributed by atoms with Crippen molar-refractivity contribution in [2.75, 3.05) is 0 Å². The summed E-state index contributed by atoms with van der Waals surface area (Å²) in [7, 11) is -6.00. The van der Waals surface area contributed by atoms with Crippen LogP contribution in [0.1, 0.15) is 0 Å². The van der Waals surface area contributed by atoms with E-state index in [9.17, 15) is 17.3 Å². The summed E-state index contributed by atoms with van der Waals surface area (Å²) < 4.78 is 39.0. The van der Waals surface area contributed by atoms with Crippen LogP contribution >= 0.6 is 0 Å².